The van der Waals surface area contributed by atoms with Crippen LogP contribution in [0.15, 0.2) is 30.3 Å². The summed E-state index contributed by atoms with van der Waals surface area (Å²) >= 11 is 0. The number of nitrogens with two attached hydrogens (primary N) is 1. The monoisotopic (exact) mass is 333 g/mol. The zero-order valence-corrected chi connectivity index (χ0v) is 14.7. The van der Waals surface area contributed by atoms with E-state index in [4.69, 9.17) is 10.5 Å². The predicted octanol–water partition coefficient (Wildman–Crippen LogP) is 2.16. The van der Waals surface area contributed by atoms with Crippen molar-refractivity contribution in [2.24, 2.45) is 11.7 Å². The maximum atomic E-state index is 11.4. The Morgan fingerprint density at radius 2 is 1.92 bits per heavy atom. The number of nitrogens with one attached hydrogen (secondary N) is 2. The van der Waals surface area contributed by atoms with Gasteiger partial charge in [-0.15, -0.1) is 0 Å². The number of rotatable bonds is 9. The van der Waals surface area contributed by atoms with Crippen LogP contribution in [0, 0.1) is 5.92 Å². The first-order valence-electron chi connectivity index (χ1n) is 9.07. The van der Waals surface area contributed by atoms with Gasteiger partial charge in [0.2, 0.25) is 0 Å². The first kappa shape index (κ1) is 18.9. The van der Waals surface area contributed by atoms with E-state index in [1.54, 1.807) is 0 Å². The van der Waals surface area contributed by atoms with Crippen LogP contribution in [0.25, 0.3) is 0 Å². The molecular weight excluding hydrogens is 302 g/mol. The van der Waals surface area contributed by atoms with Crippen LogP contribution in [-0.4, -0.2) is 31.2 Å². The van der Waals surface area contributed by atoms with E-state index in [2.05, 4.69) is 10.9 Å². The van der Waals surface area contributed by atoms with E-state index in [-0.39, 0.29) is 18.1 Å². The molecule has 24 heavy (non-hydrogen) atoms. The van der Waals surface area contributed by atoms with Crippen molar-refractivity contribution < 1.29 is 9.53 Å². The van der Waals surface area contributed by atoms with Crippen molar-refractivity contribution in [3.63, 3.8) is 0 Å². The number of esters is 1. The highest BCUT2D eigenvalue weighted by Gasteiger charge is 2.21. The smallest absolute Gasteiger partial charge is 0.303 e. The van der Waals surface area contributed by atoms with Crippen LogP contribution >= 0.6 is 0 Å². The van der Waals surface area contributed by atoms with Gasteiger partial charge >= 0.3 is 5.97 Å². The third-order valence-electron chi connectivity index (χ3n) is 4.65. The molecule has 0 radical (unpaired) electrons. The molecule has 1 aliphatic carbocycles. The molecule has 134 valence electrons. The quantitative estimate of drug-likeness (QED) is 0.367. The summed E-state index contributed by atoms with van der Waals surface area (Å²) in [5.74, 6) is 0.453. The molecule has 0 heterocycles. The van der Waals surface area contributed by atoms with Gasteiger partial charge in [-0.2, -0.15) is 0 Å². The lowest BCUT2D eigenvalue weighted by Crippen LogP contribution is -2.49. The Bertz CT molecular complexity index is 475. The standard InChI is InChI=1S/C19H31N3O2/c1-15(23)24-19(18(20)12-16-8-4-2-5-9-16)14-22-21-13-17-10-6-3-7-11-17/h2,4-5,8-9,17-19,21-22H,3,6-7,10-14,20H2,1H3. The average molecular weight is 333 g/mol. The molecule has 1 fully saturated rings. The molecule has 0 aliphatic heterocycles. The van der Waals surface area contributed by atoms with E-state index in [0.717, 1.165) is 18.0 Å². The topological polar surface area (TPSA) is 76.4 Å². The summed E-state index contributed by atoms with van der Waals surface area (Å²) in [5, 5.41) is 0. The van der Waals surface area contributed by atoms with Gasteiger partial charge in [0.05, 0.1) is 0 Å². The van der Waals surface area contributed by atoms with Gasteiger partial charge in [0.1, 0.15) is 6.10 Å². The molecule has 1 aromatic rings. The molecule has 0 saturated heterocycles. The zero-order chi connectivity index (χ0) is 17.2. The molecular formula is C19H31N3O2. The normalized spacial score (nSPS) is 18.1. The molecule has 5 heteroatoms. The van der Waals surface area contributed by atoms with Crippen LogP contribution < -0.4 is 16.6 Å². The lowest BCUT2D eigenvalue weighted by atomic mass is 9.89. The second-order valence-corrected chi connectivity index (χ2v) is 6.77. The number of carbonyl (C=O) groups is 1. The number of hydrogen-bond acceptors (Lipinski definition) is 5. The van der Waals surface area contributed by atoms with Crippen LogP contribution in [0.1, 0.15) is 44.6 Å². The summed E-state index contributed by atoms with van der Waals surface area (Å²) in [6.45, 7) is 2.90. The third kappa shape index (κ3) is 6.99. The fraction of sp³-hybridized carbons (Fsp3) is 0.632. The van der Waals surface area contributed by atoms with E-state index in [1.165, 1.54) is 39.0 Å². The van der Waals surface area contributed by atoms with Gasteiger partial charge < -0.3 is 10.5 Å². The van der Waals surface area contributed by atoms with Crippen molar-refractivity contribution in [3.8, 4) is 0 Å². The zero-order valence-electron chi connectivity index (χ0n) is 14.7. The van der Waals surface area contributed by atoms with Crippen molar-refractivity contribution in [1.82, 2.24) is 10.9 Å². The Balaban J connectivity index is 1.75. The Morgan fingerprint density at radius 3 is 2.58 bits per heavy atom. The minimum absolute atomic E-state index is 0.236. The van der Waals surface area contributed by atoms with Gasteiger partial charge in [-0.05, 0) is 30.7 Å². The first-order valence-corrected chi connectivity index (χ1v) is 9.07. The molecule has 0 spiro atoms. The molecule has 2 atom stereocenters. The highest BCUT2D eigenvalue weighted by molar-refractivity contribution is 5.66. The molecule has 4 N–H and O–H groups in total. The molecule has 0 aromatic heterocycles. The number of ether oxygens (including phenoxy) is 1. The van der Waals surface area contributed by atoms with Crippen LogP contribution in [0.2, 0.25) is 0 Å². The van der Waals surface area contributed by atoms with Crippen LogP contribution in [0.4, 0.5) is 0 Å². The lowest BCUT2D eigenvalue weighted by molar-refractivity contribution is -0.147. The van der Waals surface area contributed by atoms with E-state index in [9.17, 15) is 4.79 Å². The van der Waals surface area contributed by atoms with E-state index >= 15 is 0 Å². The first-order chi connectivity index (χ1) is 11.6. The largest absolute Gasteiger partial charge is 0.459 e. The maximum Gasteiger partial charge on any atom is 0.303 e. The third-order valence-corrected chi connectivity index (χ3v) is 4.65. The highest BCUT2D eigenvalue weighted by Crippen LogP contribution is 2.22. The van der Waals surface area contributed by atoms with Crippen LogP contribution in [-0.2, 0) is 16.0 Å². The number of hydrazine groups is 1. The summed E-state index contributed by atoms with van der Waals surface area (Å²) in [5.41, 5.74) is 13.9. The van der Waals surface area contributed by atoms with E-state index < -0.39 is 0 Å². The summed E-state index contributed by atoms with van der Waals surface area (Å²) in [6, 6.07) is 9.81. The van der Waals surface area contributed by atoms with Gasteiger partial charge in [0, 0.05) is 26.1 Å². The number of hydrogen-bond donors (Lipinski definition) is 3. The lowest BCUT2D eigenvalue weighted by Gasteiger charge is -2.26. The minimum atomic E-state index is -0.346. The van der Waals surface area contributed by atoms with Crippen molar-refractivity contribution in [2.75, 3.05) is 13.1 Å². The van der Waals surface area contributed by atoms with Gasteiger partial charge in [0.15, 0.2) is 0 Å². The highest BCUT2D eigenvalue weighted by atomic mass is 16.5. The minimum Gasteiger partial charge on any atom is -0.459 e. The fourth-order valence-corrected chi connectivity index (χ4v) is 3.29. The Hall–Kier alpha value is -1.43. The average Bonchev–Trinajstić information content (AvgIpc) is 2.59. The van der Waals surface area contributed by atoms with Crippen LogP contribution in [0.5, 0.6) is 0 Å². The number of carbonyl (C=O) groups excluding carboxylic acids is 1. The van der Waals surface area contributed by atoms with Gasteiger partial charge in [-0.3, -0.25) is 15.6 Å². The van der Waals surface area contributed by atoms with Crippen molar-refractivity contribution >= 4 is 5.97 Å². The second-order valence-electron chi connectivity index (χ2n) is 6.77. The SMILES string of the molecule is CC(=O)OC(CNNCC1CCCCC1)C(N)Cc1ccccc1. The molecule has 1 aliphatic rings. The van der Waals surface area contributed by atoms with Gasteiger partial charge in [-0.25, -0.2) is 0 Å². The molecule has 0 amide bonds. The van der Waals surface area contributed by atoms with E-state index in [0.29, 0.717) is 13.0 Å². The maximum absolute atomic E-state index is 11.4. The molecule has 5 nitrogen and oxygen atoms in total. The summed E-state index contributed by atoms with van der Waals surface area (Å²) < 4.78 is 5.41. The molecule has 2 rings (SSSR count). The molecule has 0 bridgehead atoms. The Morgan fingerprint density at radius 1 is 1.21 bits per heavy atom. The van der Waals surface area contributed by atoms with Crippen molar-refractivity contribution in [1.29, 1.82) is 0 Å². The molecule has 1 aromatic carbocycles. The van der Waals surface area contributed by atoms with Crippen LogP contribution in [0.3, 0.4) is 0 Å². The second kappa shape index (κ2) is 10.4. The summed E-state index contributed by atoms with van der Waals surface area (Å²) in [7, 11) is 0. The molecule has 2 unspecified atom stereocenters. The molecule has 1 saturated carbocycles. The van der Waals surface area contributed by atoms with Crippen molar-refractivity contribution in [2.45, 2.75) is 57.6 Å². The van der Waals surface area contributed by atoms with E-state index in [1.807, 2.05) is 30.3 Å². The fourth-order valence-electron chi connectivity index (χ4n) is 3.29. The Labute approximate surface area is 145 Å². The van der Waals surface area contributed by atoms with Gasteiger partial charge in [-0.1, -0.05) is 49.6 Å². The summed E-state index contributed by atoms with van der Waals surface area (Å²) in [6.07, 6.45) is 6.98. The summed E-state index contributed by atoms with van der Waals surface area (Å²) in [4.78, 5) is 11.4. The predicted molar refractivity (Wildman–Crippen MR) is 96.3 cm³/mol. The van der Waals surface area contributed by atoms with Crippen molar-refractivity contribution in [3.05, 3.63) is 35.9 Å². The Kier molecular flexibility index (Phi) is 8.22. The number of benzene rings is 1. The van der Waals surface area contributed by atoms with Gasteiger partial charge in [0.25, 0.3) is 0 Å².